The molecule has 15 heavy (non-hydrogen) atoms. The highest BCUT2D eigenvalue weighted by atomic mass is 32.1. The molecule has 2 N–H and O–H groups in total. The van der Waals surface area contributed by atoms with Gasteiger partial charge in [-0.2, -0.15) is 0 Å². The van der Waals surface area contributed by atoms with E-state index in [0.29, 0.717) is 5.13 Å². The van der Waals surface area contributed by atoms with Gasteiger partial charge in [0.1, 0.15) is 5.01 Å². The van der Waals surface area contributed by atoms with Gasteiger partial charge in [0.15, 0.2) is 0 Å². The summed E-state index contributed by atoms with van der Waals surface area (Å²) in [6.07, 6.45) is 2.44. The number of carbonyl (C=O) groups is 2. The monoisotopic (exact) mass is 227 g/mol. The Morgan fingerprint density at radius 3 is 2.73 bits per heavy atom. The fourth-order valence-corrected chi connectivity index (χ4v) is 1.42. The van der Waals surface area contributed by atoms with Gasteiger partial charge < -0.3 is 5.11 Å². The Labute approximate surface area is 89.6 Å². The first-order valence-electron chi connectivity index (χ1n) is 4.16. The highest BCUT2D eigenvalue weighted by molar-refractivity contribution is 7.15. The maximum absolute atomic E-state index is 11.1. The standard InChI is InChI=1S/C8H9N3O3S/c1-2-6-10-11-8(15-6)9-5(12)3-4-7(13)14/h3-4H,2H2,1H3,(H,13,14)(H,9,11,12)/b4-3-. The molecule has 1 amide bonds. The van der Waals surface area contributed by atoms with E-state index in [2.05, 4.69) is 15.5 Å². The zero-order valence-electron chi connectivity index (χ0n) is 7.93. The van der Waals surface area contributed by atoms with Crippen LogP contribution < -0.4 is 5.32 Å². The normalized spacial score (nSPS) is 10.5. The Morgan fingerprint density at radius 2 is 2.20 bits per heavy atom. The van der Waals surface area contributed by atoms with E-state index in [9.17, 15) is 9.59 Å². The molecular weight excluding hydrogens is 218 g/mol. The van der Waals surface area contributed by atoms with Crippen molar-refractivity contribution >= 4 is 28.3 Å². The molecule has 0 bridgehead atoms. The van der Waals surface area contributed by atoms with Crippen LogP contribution in [-0.4, -0.2) is 27.2 Å². The van der Waals surface area contributed by atoms with Crippen molar-refractivity contribution in [2.24, 2.45) is 0 Å². The molecule has 80 valence electrons. The number of hydrogen-bond donors (Lipinski definition) is 2. The Balaban J connectivity index is 2.54. The van der Waals surface area contributed by atoms with Crippen LogP contribution in [0.15, 0.2) is 12.2 Å². The third kappa shape index (κ3) is 3.86. The Hall–Kier alpha value is -1.76. The maximum atomic E-state index is 11.1. The van der Waals surface area contributed by atoms with Crippen molar-refractivity contribution in [3.63, 3.8) is 0 Å². The third-order valence-corrected chi connectivity index (χ3v) is 2.36. The molecule has 0 spiro atoms. The van der Waals surface area contributed by atoms with Gasteiger partial charge in [-0.1, -0.05) is 18.3 Å². The van der Waals surface area contributed by atoms with Gasteiger partial charge in [-0.15, -0.1) is 10.2 Å². The quantitative estimate of drug-likeness (QED) is 0.738. The summed E-state index contributed by atoms with van der Waals surface area (Å²) in [6, 6.07) is 0. The summed E-state index contributed by atoms with van der Waals surface area (Å²) in [7, 11) is 0. The second kappa shape index (κ2) is 5.20. The lowest BCUT2D eigenvalue weighted by molar-refractivity contribution is -0.131. The average Bonchev–Trinajstić information content (AvgIpc) is 2.62. The fourth-order valence-electron chi connectivity index (χ4n) is 0.741. The summed E-state index contributed by atoms with van der Waals surface area (Å²) in [4.78, 5) is 21.2. The van der Waals surface area contributed by atoms with Crippen molar-refractivity contribution < 1.29 is 14.7 Å². The van der Waals surface area contributed by atoms with Gasteiger partial charge in [0.2, 0.25) is 11.0 Å². The summed E-state index contributed by atoms with van der Waals surface area (Å²) < 4.78 is 0. The van der Waals surface area contributed by atoms with Crippen LogP contribution in [-0.2, 0) is 16.0 Å². The molecule has 1 rings (SSSR count). The van der Waals surface area contributed by atoms with Crippen molar-refractivity contribution in [3.05, 3.63) is 17.2 Å². The van der Waals surface area contributed by atoms with Crippen LogP contribution in [0.2, 0.25) is 0 Å². The molecule has 0 aliphatic carbocycles. The number of aryl methyl sites for hydroxylation is 1. The van der Waals surface area contributed by atoms with E-state index in [0.717, 1.165) is 23.6 Å². The van der Waals surface area contributed by atoms with E-state index in [1.165, 1.54) is 11.3 Å². The van der Waals surface area contributed by atoms with Crippen LogP contribution in [0, 0.1) is 0 Å². The Kier molecular flexibility index (Phi) is 3.92. The van der Waals surface area contributed by atoms with Crippen LogP contribution in [0.4, 0.5) is 5.13 Å². The van der Waals surface area contributed by atoms with Gasteiger partial charge in [-0.05, 0) is 6.42 Å². The van der Waals surface area contributed by atoms with Crippen LogP contribution in [0.1, 0.15) is 11.9 Å². The number of anilines is 1. The Bertz CT molecular complexity index is 400. The lowest BCUT2D eigenvalue weighted by Gasteiger charge is -1.92. The highest BCUT2D eigenvalue weighted by Gasteiger charge is 2.04. The van der Waals surface area contributed by atoms with Gasteiger partial charge in [0.25, 0.3) is 0 Å². The molecule has 0 aliphatic heterocycles. The number of carboxylic acid groups (broad SMARTS) is 1. The van der Waals surface area contributed by atoms with Gasteiger partial charge in [-0.25, -0.2) is 4.79 Å². The molecule has 7 heteroatoms. The number of aliphatic carboxylic acids is 1. The molecule has 1 aromatic rings. The summed E-state index contributed by atoms with van der Waals surface area (Å²) >= 11 is 1.26. The molecule has 0 saturated heterocycles. The lowest BCUT2D eigenvalue weighted by atomic mass is 10.5. The number of carbonyl (C=O) groups excluding carboxylic acids is 1. The first-order valence-corrected chi connectivity index (χ1v) is 4.98. The van der Waals surface area contributed by atoms with E-state index in [1.807, 2.05) is 6.92 Å². The molecule has 0 unspecified atom stereocenters. The van der Waals surface area contributed by atoms with Crippen LogP contribution >= 0.6 is 11.3 Å². The minimum absolute atomic E-state index is 0.367. The zero-order chi connectivity index (χ0) is 11.3. The van der Waals surface area contributed by atoms with Gasteiger partial charge in [0, 0.05) is 12.2 Å². The van der Waals surface area contributed by atoms with E-state index < -0.39 is 11.9 Å². The van der Waals surface area contributed by atoms with E-state index in [4.69, 9.17) is 5.11 Å². The van der Waals surface area contributed by atoms with Crippen molar-refractivity contribution in [2.45, 2.75) is 13.3 Å². The molecule has 0 saturated carbocycles. The van der Waals surface area contributed by atoms with Crippen molar-refractivity contribution in [2.75, 3.05) is 5.32 Å². The molecule has 6 nitrogen and oxygen atoms in total. The van der Waals surface area contributed by atoms with E-state index >= 15 is 0 Å². The highest BCUT2D eigenvalue weighted by Crippen LogP contribution is 2.14. The molecule has 0 fully saturated rings. The third-order valence-electron chi connectivity index (χ3n) is 1.38. The minimum atomic E-state index is -1.17. The number of nitrogens with one attached hydrogen (secondary N) is 1. The smallest absolute Gasteiger partial charge is 0.328 e. The van der Waals surface area contributed by atoms with E-state index in [-0.39, 0.29) is 0 Å². The van der Waals surface area contributed by atoms with E-state index in [1.54, 1.807) is 0 Å². The topological polar surface area (TPSA) is 92.2 Å². The van der Waals surface area contributed by atoms with Crippen LogP contribution in [0.5, 0.6) is 0 Å². The number of aromatic nitrogens is 2. The summed E-state index contributed by atoms with van der Waals surface area (Å²) in [5.74, 6) is -1.70. The molecule has 0 radical (unpaired) electrons. The summed E-state index contributed by atoms with van der Waals surface area (Å²) in [5, 5.41) is 19.4. The first kappa shape index (κ1) is 11.3. The minimum Gasteiger partial charge on any atom is -0.478 e. The predicted molar refractivity (Wildman–Crippen MR) is 54.7 cm³/mol. The number of amides is 1. The first-order chi connectivity index (χ1) is 7.11. The zero-order valence-corrected chi connectivity index (χ0v) is 8.74. The second-order valence-corrected chi connectivity index (χ2v) is 3.58. The molecule has 0 atom stereocenters. The van der Waals surface area contributed by atoms with Gasteiger partial charge in [0.05, 0.1) is 0 Å². The summed E-state index contributed by atoms with van der Waals surface area (Å²) in [5.41, 5.74) is 0. The molecule has 1 aromatic heterocycles. The van der Waals surface area contributed by atoms with Crippen LogP contribution in [0.3, 0.4) is 0 Å². The fraction of sp³-hybridized carbons (Fsp3) is 0.250. The molecule has 0 aromatic carbocycles. The average molecular weight is 227 g/mol. The number of carboxylic acids is 1. The second-order valence-electron chi connectivity index (χ2n) is 2.52. The number of hydrogen-bond acceptors (Lipinski definition) is 5. The SMILES string of the molecule is CCc1nnc(NC(=O)/C=C\C(=O)O)s1. The summed E-state index contributed by atoms with van der Waals surface area (Å²) in [6.45, 7) is 1.93. The van der Waals surface area contributed by atoms with Gasteiger partial charge in [-0.3, -0.25) is 10.1 Å². The molecule has 1 heterocycles. The lowest BCUT2D eigenvalue weighted by Crippen LogP contribution is -2.08. The number of nitrogens with zero attached hydrogens (tertiary/aromatic N) is 2. The Morgan fingerprint density at radius 1 is 1.47 bits per heavy atom. The molecule has 0 aliphatic rings. The maximum Gasteiger partial charge on any atom is 0.328 e. The predicted octanol–water partition coefficient (Wildman–Crippen LogP) is 0.680. The largest absolute Gasteiger partial charge is 0.478 e. The molecular formula is C8H9N3O3S. The number of rotatable bonds is 4. The van der Waals surface area contributed by atoms with Crippen molar-refractivity contribution in [3.8, 4) is 0 Å². The van der Waals surface area contributed by atoms with Crippen LogP contribution in [0.25, 0.3) is 0 Å². The van der Waals surface area contributed by atoms with Crippen molar-refractivity contribution in [1.82, 2.24) is 10.2 Å². The van der Waals surface area contributed by atoms with Crippen molar-refractivity contribution in [1.29, 1.82) is 0 Å². The van der Waals surface area contributed by atoms with Gasteiger partial charge >= 0.3 is 5.97 Å².